The summed E-state index contributed by atoms with van der Waals surface area (Å²) in [6.07, 6.45) is 0.273. The Hall–Kier alpha value is -1.88. The minimum atomic E-state index is -0.351. The molecule has 1 aromatic carbocycles. The predicted molar refractivity (Wildman–Crippen MR) is 75.1 cm³/mol. The highest BCUT2D eigenvalue weighted by molar-refractivity contribution is 5.73. The average Bonchev–Trinajstić information content (AvgIpc) is 2.45. The molecular formula is C15H21NO4. The third-order valence-electron chi connectivity index (χ3n) is 3.12. The van der Waals surface area contributed by atoms with Gasteiger partial charge in [0.2, 0.25) is 0 Å². The van der Waals surface area contributed by atoms with Gasteiger partial charge in [0, 0.05) is 12.6 Å². The molecule has 1 aromatic rings. The number of rotatable bonds is 7. The lowest BCUT2D eigenvalue weighted by Gasteiger charge is -2.17. The number of aryl methyl sites for hydroxylation is 1. The van der Waals surface area contributed by atoms with Gasteiger partial charge in [0.1, 0.15) is 0 Å². The summed E-state index contributed by atoms with van der Waals surface area (Å²) >= 11 is 0. The molecule has 5 heteroatoms. The topological polar surface area (TPSA) is 64.6 Å². The van der Waals surface area contributed by atoms with E-state index in [1.807, 2.05) is 31.2 Å². The fraction of sp³-hybridized carbons (Fsp3) is 0.467. The van der Waals surface area contributed by atoms with Crippen molar-refractivity contribution in [3.63, 3.8) is 0 Å². The molecule has 5 nitrogen and oxygen atoms in total. The lowest BCUT2D eigenvalue weighted by molar-refractivity contribution is -0.143. The number of methoxy groups -OCH3 is 2. The van der Waals surface area contributed by atoms with E-state index < -0.39 is 0 Å². The number of hydrogen-bond acceptors (Lipinski definition) is 5. The van der Waals surface area contributed by atoms with Gasteiger partial charge in [-0.1, -0.05) is 24.3 Å². The van der Waals surface area contributed by atoms with Crippen LogP contribution < -0.4 is 5.32 Å². The SMILES string of the molecule is COC(=O)CC(CC(=O)OC)NCc1ccccc1C. The van der Waals surface area contributed by atoms with Gasteiger partial charge in [-0.25, -0.2) is 0 Å². The normalized spacial score (nSPS) is 10.4. The summed E-state index contributed by atoms with van der Waals surface area (Å²) in [6, 6.07) is 7.66. The lowest BCUT2D eigenvalue weighted by Crippen LogP contribution is -2.34. The number of hydrogen-bond donors (Lipinski definition) is 1. The molecule has 0 aliphatic rings. The van der Waals surface area contributed by atoms with Gasteiger partial charge in [0.25, 0.3) is 0 Å². The van der Waals surface area contributed by atoms with Crippen molar-refractivity contribution in [2.45, 2.75) is 32.4 Å². The molecule has 0 amide bonds. The summed E-state index contributed by atoms with van der Waals surface area (Å²) in [5.41, 5.74) is 2.29. The molecule has 0 atom stereocenters. The zero-order valence-electron chi connectivity index (χ0n) is 12.1. The van der Waals surface area contributed by atoms with E-state index in [0.717, 1.165) is 11.1 Å². The summed E-state index contributed by atoms with van der Waals surface area (Å²) in [4.78, 5) is 22.7. The molecule has 0 saturated heterocycles. The highest BCUT2D eigenvalue weighted by atomic mass is 16.5. The van der Waals surface area contributed by atoms with Crippen LogP contribution in [0.3, 0.4) is 0 Å². The summed E-state index contributed by atoms with van der Waals surface area (Å²) in [5, 5.41) is 3.21. The van der Waals surface area contributed by atoms with Gasteiger partial charge in [-0.15, -0.1) is 0 Å². The van der Waals surface area contributed by atoms with Crippen LogP contribution in [-0.2, 0) is 25.6 Å². The molecule has 0 saturated carbocycles. The first-order valence-electron chi connectivity index (χ1n) is 6.48. The van der Waals surface area contributed by atoms with E-state index in [-0.39, 0.29) is 30.8 Å². The molecule has 20 heavy (non-hydrogen) atoms. The van der Waals surface area contributed by atoms with Crippen LogP contribution in [0.4, 0.5) is 0 Å². The Morgan fingerprint density at radius 3 is 2.15 bits per heavy atom. The fourth-order valence-electron chi connectivity index (χ4n) is 1.85. The molecule has 0 heterocycles. The molecule has 1 rings (SSSR count). The predicted octanol–water partition coefficient (Wildman–Crippen LogP) is 1.58. The molecule has 0 spiro atoms. The Bertz CT molecular complexity index is 441. The van der Waals surface area contributed by atoms with Crippen molar-refractivity contribution in [3.8, 4) is 0 Å². The maximum absolute atomic E-state index is 11.4. The van der Waals surface area contributed by atoms with Crippen LogP contribution in [-0.4, -0.2) is 32.2 Å². The van der Waals surface area contributed by atoms with E-state index in [1.54, 1.807) is 0 Å². The van der Waals surface area contributed by atoms with Gasteiger partial charge in [-0.2, -0.15) is 0 Å². The van der Waals surface area contributed by atoms with Crippen LogP contribution in [0.2, 0.25) is 0 Å². The van der Waals surface area contributed by atoms with E-state index >= 15 is 0 Å². The Morgan fingerprint density at radius 2 is 1.65 bits per heavy atom. The molecule has 1 N–H and O–H groups in total. The van der Waals surface area contributed by atoms with Gasteiger partial charge in [-0.3, -0.25) is 9.59 Å². The highest BCUT2D eigenvalue weighted by Gasteiger charge is 2.18. The Labute approximate surface area is 119 Å². The zero-order chi connectivity index (χ0) is 15.0. The van der Waals surface area contributed by atoms with Crippen LogP contribution in [0.15, 0.2) is 24.3 Å². The van der Waals surface area contributed by atoms with E-state index in [9.17, 15) is 9.59 Å². The number of esters is 2. The first-order valence-corrected chi connectivity index (χ1v) is 6.48. The number of carbonyl (C=O) groups is 2. The summed E-state index contributed by atoms with van der Waals surface area (Å²) in [7, 11) is 2.66. The van der Waals surface area contributed by atoms with Crippen molar-refractivity contribution in [1.82, 2.24) is 5.32 Å². The molecule has 0 aliphatic carbocycles. The first kappa shape index (κ1) is 16.2. The molecule has 0 unspecified atom stereocenters. The first-order chi connectivity index (χ1) is 9.56. The van der Waals surface area contributed by atoms with E-state index in [0.29, 0.717) is 6.54 Å². The molecule has 0 bridgehead atoms. The van der Waals surface area contributed by atoms with E-state index in [2.05, 4.69) is 14.8 Å². The van der Waals surface area contributed by atoms with Crippen LogP contribution in [0.5, 0.6) is 0 Å². The molecule has 0 aliphatic heterocycles. The second-order valence-corrected chi connectivity index (χ2v) is 4.56. The number of benzene rings is 1. The third-order valence-corrected chi connectivity index (χ3v) is 3.12. The fourth-order valence-corrected chi connectivity index (χ4v) is 1.85. The van der Waals surface area contributed by atoms with Crippen LogP contribution in [0.25, 0.3) is 0 Å². The smallest absolute Gasteiger partial charge is 0.307 e. The molecule has 0 fully saturated rings. The summed E-state index contributed by atoms with van der Waals surface area (Å²) in [5.74, 6) is -0.702. The maximum Gasteiger partial charge on any atom is 0.307 e. The molecule has 0 aromatic heterocycles. The number of carbonyl (C=O) groups excluding carboxylic acids is 2. The van der Waals surface area contributed by atoms with Crippen molar-refractivity contribution in [3.05, 3.63) is 35.4 Å². The summed E-state index contributed by atoms with van der Waals surface area (Å²) in [6.45, 7) is 2.61. The van der Waals surface area contributed by atoms with Gasteiger partial charge >= 0.3 is 11.9 Å². The minimum Gasteiger partial charge on any atom is -0.469 e. The van der Waals surface area contributed by atoms with E-state index in [1.165, 1.54) is 14.2 Å². The Balaban J connectivity index is 2.61. The largest absolute Gasteiger partial charge is 0.469 e. The van der Waals surface area contributed by atoms with Gasteiger partial charge in [-0.05, 0) is 18.1 Å². The molecule has 0 radical (unpaired) electrons. The Morgan fingerprint density at radius 1 is 1.10 bits per heavy atom. The third kappa shape index (κ3) is 5.40. The van der Waals surface area contributed by atoms with Crippen LogP contribution >= 0.6 is 0 Å². The zero-order valence-corrected chi connectivity index (χ0v) is 12.1. The van der Waals surface area contributed by atoms with Crippen LogP contribution in [0.1, 0.15) is 24.0 Å². The lowest BCUT2D eigenvalue weighted by atomic mass is 10.1. The summed E-state index contributed by atoms with van der Waals surface area (Å²) < 4.78 is 9.28. The monoisotopic (exact) mass is 279 g/mol. The highest BCUT2D eigenvalue weighted by Crippen LogP contribution is 2.09. The van der Waals surface area contributed by atoms with Gasteiger partial charge in [0.05, 0.1) is 27.1 Å². The van der Waals surface area contributed by atoms with E-state index in [4.69, 9.17) is 0 Å². The molecule has 110 valence electrons. The average molecular weight is 279 g/mol. The van der Waals surface area contributed by atoms with Crippen molar-refractivity contribution in [2.24, 2.45) is 0 Å². The second-order valence-electron chi connectivity index (χ2n) is 4.56. The molecular weight excluding hydrogens is 258 g/mol. The van der Waals surface area contributed by atoms with Crippen molar-refractivity contribution in [2.75, 3.05) is 14.2 Å². The van der Waals surface area contributed by atoms with Crippen molar-refractivity contribution >= 4 is 11.9 Å². The van der Waals surface area contributed by atoms with Crippen LogP contribution in [0, 0.1) is 6.92 Å². The second kappa shape index (κ2) is 8.32. The van der Waals surface area contributed by atoms with Gasteiger partial charge < -0.3 is 14.8 Å². The number of ether oxygens (including phenoxy) is 2. The van der Waals surface area contributed by atoms with Gasteiger partial charge in [0.15, 0.2) is 0 Å². The minimum absolute atomic E-state index is 0.136. The van der Waals surface area contributed by atoms with Crippen molar-refractivity contribution < 1.29 is 19.1 Å². The number of nitrogens with one attached hydrogen (secondary N) is 1. The Kier molecular flexibility index (Phi) is 6.73. The standard InChI is InChI=1S/C15H21NO4/c1-11-6-4-5-7-12(11)10-16-13(8-14(17)19-2)9-15(18)20-3/h4-7,13,16H,8-10H2,1-3H3. The quantitative estimate of drug-likeness (QED) is 0.768. The van der Waals surface area contributed by atoms with Crippen molar-refractivity contribution in [1.29, 1.82) is 0 Å². The maximum atomic E-state index is 11.4.